The van der Waals surface area contributed by atoms with E-state index in [4.69, 9.17) is 0 Å². The molecule has 1 amide bonds. The first kappa shape index (κ1) is 20.1. The first-order chi connectivity index (χ1) is 13.9. The van der Waals surface area contributed by atoms with E-state index in [0.717, 1.165) is 18.4 Å². The van der Waals surface area contributed by atoms with E-state index >= 15 is 0 Å². The molecule has 6 heteroatoms. The number of sulfone groups is 1. The van der Waals surface area contributed by atoms with Gasteiger partial charge in [-0.05, 0) is 68.4 Å². The summed E-state index contributed by atoms with van der Waals surface area (Å²) < 4.78 is 39.5. The number of halogens is 1. The predicted octanol–water partition coefficient (Wildman–Crippen LogP) is 4.06. The van der Waals surface area contributed by atoms with Crippen molar-refractivity contribution in [1.29, 1.82) is 0 Å². The number of carbonyl (C=O) groups excluding carboxylic acids is 1. The molecule has 2 atom stereocenters. The first-order valence-electron chi connectivity index (χ1n) is 10.2. The monoisotopic (exact) mass is 415 g/mol. The van der Waals surface area contributed by atoms with Crippen molar-refractivity contribution >= 4 is 15.7 Å². The van der Waals surface area contributed by atoms with E-state index in [1.807, 2.05) is 11.0 Å². The third-order valence-corrected chi connectivity index (χ3v) is 8.53. The molecule has 0 aromatic heterocycles. The highest BCUT2D eigenvalue weighted by Crippen LogP contribution is 2.40. The van der Waals surface area contributed by atoms with Gasteiger partial charge in [-0.25, -0.2) is 12.8 Å². The van der Waals surface area contributed by atoms with E-state index in [1.165, 1.54) is 6.07 Å². The van der Waals surface area contributed by atoms with Crippen LogP contribution < -0.4 is 0 Å². The van der Waals surface area contributed by atoms with Crippen LogP contribution in [-0.4, -0.2) is 36.6 Å². The number of hydrogen-bond donors (Lipinski definition) is 0. The molecule has 2 aromatic rings. The van der Waals surface area contributed by atoms with Gasteiger partial charge in [0.15, 0.2) is 9.84 Å². The Kier molecular flexibility index (Phi) is 5.47. The summed E-state index contributed by atoms with van der Waals surface area (Å²) in [4.78, 5) is 15.2. The van der Waals surface area contributed by atoms with Crippen LogP contribution in [0.4, 0.5) is 4.39 Å². The summed E-state index contributed by atoms with van der Waals surface area (Å²) in [7, 11) is -3.37. The van der Waals surface area contributed by atoms with Crippen LogP contribution in [0.15, 0.2) is 53.4 Å². The van der Waals surface area contributed by atoms with Crippen LogP contribution >= 0.6 is 0 Å². The SMILES string of the molecule is Cc1cc(CCC(=O)N2C3CCC2CC(S(=O)(=O)c2ccccc2)C3)ccc1F. The van der Waals surface area contributed by atoms with E-state index in [2.05, 4.69) is 0 Å². The Hall–Kier alpha value is -2.21. The van der Waals surface area contributed by atoms with Gasteiger partial charge in [0.25, 0.3) is 0 Å². The van der Waals surface area contributed by atoms with Crippen LogP contribution in [0.2, 0.25) is 0 Å². The van der Waals surface area contributed by atoms with E-state index in [9.17, 15) is 17.6 Å². The van der Waals surface area contributed by atoms with Crippen LogP contribution in [0.1, 0.15) is 43.2 Å². The largest absolute Gasteiger partial charge is 0.337 e. The van der Waals surface area contributed by atoms with Gasteiger partial charge >= 0.3 is 0 Å². The zero-order valence-corrected chi connectivity index (χ0v) is 17.4. The number of hydrogen-bond acceptors (Lipinski definition) is 3. The van der Waals surface area contributed by atoms with Gasteiger partial charge < -0.3 is 4.90 Å². The van der Waals surface area contributed by atoms with Crippen LogP contribution in [0.25, 0.3) is 0 Å². The minimum absolute atomic E-state index is 0.000286. The maximum atomic E-state index is 13.4. The Bertz CT molecular complexity index is 992. The number of fused-ring (bicyclic) bond motifs is 2. The molecule has 2 saturated heterocycles. The molecule has 0 aliphatic carbocycles. The lowest BCUT2D eigenvalue weighted by atomic mass is 10.0. The fourth-order valence-electron chi connectivity index (χ4n) is 4.83. The molecule has 2 aromatic carbocycles. The minimum Gasteiger partial charge on any atom is -0.337 e. The molecule has 154 valence electrons. The summed E-state index contributed by atoms with van der Waals surface area (Å²) in [6, 6.07) is 13.6. The average molecular weight is 416 g/mol. The second-order valence-corrected chi connectivity index (χ2v) is 10.4. The standard InChI is InChI=1S/C23H26FNO3S/c1-16-13-17(7-11-22(16)24)8-12-23(26)25-18-9-10-19(25)15-21(14-18)29(27,28)20-5-3-2-4-6-20/h2-7,11,13,18-19,21H,8-10,12,14-15H2,1H3. The van der Waals surface area contributed by atoms with Gasteiger partial charge in [0.2, 0.25) is 5.91 Å². The highest BCUT2D eigenvalue weighted by molar-refractivity contribution is 7.92. The molecule has 0 spiro atoms. The average Bonchev–Trinajstić information content (AvgIpc) is 2.98. The third-order valence-electron chi connectivity index (χ3n) is 6.34. The summed E-state index contributed by atoms with van der Waals surface area (Å²) >= 11 is 0. The number of rotatable bonds is 5. The highest BCUT2D eigenvalue weighted by Gasteiger charge is 2.46. The number of benzene rings is 2. The van der Waals surface area contributed by atoms with E-state index in [1.54, 1.807) is 43.3 Å². The molecule has 2 aliphatic heterocycles. The Morgan fingerprint density at radius 3 is 2.34 bits per heavy atom. The predicted molar refractivity (Wildman–Crippen MR) is 110 cm³/mol. The van der Waals surface area contributed by atoms with Crippen molar-refractivity contribution in [2.45, 2.75) is 67.7 Å². The van der Waals surface area contributed by atoms with Gasteiger partial charge in [-0.15, -0.1) is 0 Å². The summed E-state index contributed by atoms with van der Waals surface area (Å²) in [6.07, 6.45) is 3.69. The minimum atomic E-state index is -3.37. The Morgan fingerprint density at radius 1 is 1.07 bits per heavy atom. The topological polar surface area (TPSA) is 54.5 Å². The number of piperidine rings is 1. The quantitative estimate of drug-likeness (QED) is 0.740. The molecule has 29 heavy (non-hydrogen) atoms. The van der Waals surface area contributed by atoms with Crippen molar-refractivity contribution in [1.82, 2.24) is 4.90 Å². The number of nitrogens with zero attached hydrogens (tertiary/aromatic N) is 1. The van der Waals surface area contributed by atoms with Gasteiger partial charge in [-0.2, -0.15) is 0 Å². The van der Waals surface area contributed by atoms with Crippen molar-refractivity contribution in [3.63, 3.8) is 0 Å². The Labute approximate surface area is 171 Å². The summed E-state index contributed by atoms with van der Waals surface area (Å²) in [5.41, 5.74) is 1.54. The molecule has 4 rings (SSSR count). The number of aryl methyl sites for hydroxylation is 2. The smallest absolute Gasteiger partial charge is 0.223 e. The lowest BCUT2D eigenvalue weighted by Gasteiger charge is -2.38. The molecule has 2 bridgehead atoms. The van der Waals surface area contributed by atoms with E-state index in [0.29, 0.717) is 36.1 Å². The van der Waals surface area contributed by atoms with E-state index in [-0.39, 0.29) is 23.8 Å². The fraction of sp³-hybridized carbons (Fsp3) is 0.435. The van der Waals surface area contributed by atoms with Crippen molar-refractivity contribution < 1.29 is 17.6 Å². The molecule has 4 nitrogen and oxygen atoms in total. The normalized spacial score (nSPS) is 23.9. The molecule has 2 fully saturated rings. The Morgan fingerprint density at radius 2 is 1.72 bits per heavy atom. The van der Waals surface area contributed by atoms with Crippen LogP contribution in [-0.2, 0) is 21.1 Å². The zero-order valence-electron chi connectivity index (χ0n) is 16.6. The molecule has 0 saturated carbocycles. The van der Waals surface area contributed by atoms with Gasteiger partial charge in [-0.1, -0.05) is 30.3 Å². The second kappa shape index (κ2) is 7.90. The van der Waals surface area contributed by atoms with Gasteiger partial charge in [0, 0.05) is 18.5 Å². The summed E-state index contributed by atoms with van der Waals surface area (Å²) in [5, 5.41) is -0.425. The Balaban J connectivity index is 1.42. The van der Waals surface area contributed by atoms with Crippen LogP contribution in [0.3, 0.4) is 0 Å². The molecule has 2 aliphatic rings. The second-order valence-electron chi connectivity index (χ2n) is 8.22. The van der Waals surface area contributed by atoms with E-state index < -0.39 is 15.1 Å². The molecular weight excluding hydrogens is 389 g/mol. The fourth-order valence-corrected chi connectivity index (χ4v) is 6.71. The van der Waals surface area contributed by atoms with Crippen molar-refractivity contribution in [3.05, 3.63) is 65.5 Å². The maximum absolute atomic E-state index is 13.4. The molecule has 0 N–H and O–H groups in total. The summed E-state index contributed by atoms with van der Waals surface area (Å²) in [5.74, 6) is -0.158. The maximum Gasteiger partial charge on any atom is 0.223 e. The number of carbonyl (C=O) groups is 1. The highest BCUT2D eigenvalue weighted by atomic mass is 32.2. The van der Waals surface area contributed by atoms with Crippen molar-refractivity contribution in [2.75, 3.05) is 0 Å². The first-order valence-corrected chi connectivity index (χ1v) is 11.8. The van der Waals surface area contributed by atoms with Crippen LogP contribution in [0.5, 0.6) is 0 Å². The third kappa shape index (κ3) is 3.95. The molecule has 2 unspecified atom stereocenters. The molecule has 0 radical (unpaired) electrons. The van der Waals surface area contributed by atoms with Crippen LogP contribution in [0, 0.1) is 12.7 Å². The summed E-state index contributed by atoms with van der Waals surface area (Å²) in [6.45, 7) is 1.72. The van der Waals surface area contributed by atoms with Crippen molar-refractivity contribution in [2.24, 2.45) is 0 Å². The molecule has 2 heterocycles. The zero-order chi connectivity index (χ0) is 20.6. The van der Waals surface area contributed by atoms with Gasteiger partial charge in [-0.3, -0.25) is 4.79 Å². The van der Waals surface area contributed by atoms with Gasteiger partial charge in [0.05, 0.1) is 10.1 Å². The lowest BCUT2D eigenvalue weighted by Crippen LogP contribution is -2.49. The van der Waals surface area contributed by atoms with Crippen molar-refractivity contribution in [3.8, 4) is 0 Å². The lowest BCUT2D eigenvalue weighted by molar-refractivity contribution is -0.135. The molecular formula is C23H26FNO3S. The number of amides is 1. The van der Waals surface area contributed by atoms with Gasteiger partial charge in [0.1, 0.15) is 5.82 Å².